The molecule has 9 amide bonds. The minimum atomic E-state index is -1.86. The lowest BCUT2D eigenvalue weighted by molar-refractivity contribution is -0.151. The van der Waals surface area contributed by atoms with E-state index in [1.807, 2.05) is 27.7 Å². The third-order valence-electron chi connectivity index (χ3n) is 13.5. The van der Waals surface area contributed by atoms with Crippen molar-refractivity contribution in [2.75, 3.05) is 34.2 Å². The van der Waals surface area contributed by atoms with Crippen LogP contribution in [0.2, 0.25) is 0 Å². The summed E-state index contributed by atoms with van der Waals surface area (Å²) in [5, 5.41) is 24.4. The van der Waals surface area contributed by atoms with Crippen LogP contribution in [0.25, 0.3) is 0 Å². The van der Waals surface area contributed by atoms with Crippen molar-refractivity contribution >= 4 is 53.2 Å². The predicted molar refractivity (Wildman–Crippen MR) is 271 cm³/mol. The van der Waals surface area contributed by atoms with Gasteiger partial charge in [-0.25, -0.2) is 0 Å². The summed E-state index contributed by atoms with van der Waals surface area (Å²) in [6.07, 6.45) is 0.818. The Kier molecular flexibility index (Phi) is 21.7. The van der Waals surface area contributed by atoms with Gasteiger partial charge in [0.1, 0.15) is 42.3 Å². The third-order valence-corrected chi connectivity index (χ3v) is 13.5. The first-order valence-corrected chi connectivity index (χ1v) is 25.3. The Bertz CT molecular complexity index is 2200. The lowest BCUT2D eigenvalue weighted by Gasteiger charge is -2.37. The van der Waals surface area contributed by atoms with E-state index < -0.39 is 114 Å². The van der Waals surface area contributed by atoms with Crippen LogP contribution < -0.4 is 26.6 Å². The number of likely N-dealkylation sites (N-methyl/N-ethyl adjacent to an activating group) is 3. The number of aliphatic hydroxyl groups excluding tert-OH is 1. The fourth-order valence-corrected chi connectivity index (χ4v) is 8.98. The Morgan fingerprint density at radius 1 is 0.542 bits per heavy atom. The predicted octanol–water partition coefficient (Wildman–Crippen LogP) is 1.55. The van der Waals surface area contributed by atoms with Gasteiger partial charge >= 0.3 is 0 Å². The number of carbonyl (C=O) groups excluding carboxylic acids is 9. The van der Waals surface area contributed by atoms with E-state index in [9.17, 15) is 43.5 Å². The second-order valence-corrected chi connectivity index (χ2v) is 20.6. The van der Waals surface area contributed by atoms with Crippen molar-refractivity contribution < 1.29 is 48.3 Å². The topological polar surface area (TPSA) is 247 Å². The zero-order valence-corrected chi connectivity index (χ0v) is 44.0. The van der Waals surface area contributed by atoms with Crippen molar-refractivity contribution in [3.8, 4) is 0 Å². The quantitative estimate of drug-likeness (QED) is 0.178. The molecule has 0 aliphatic carbocycles. The Labute approximate surface area is 424 Å². The van der Waals surface area contributed by atoms with Gasteiger partial charge in [0, 0.05) is 47.1 Å². The number of hydrogen-bond acceptors (Lipinski definition) is 10. The van der Waals surface area contributed by atoms with E-state index in [1.54, 1.807) is 74.5 Å². The summed E-state index contributed by atoms with van der Waals surface area (Å²) in [7, 11) is 4.19. The summed E-state index contributed by atoms with van der Waals surface area (Å²) in [6.45, 7) is 14.0. The average Bonchev–Trinajstić information content (AvgIpc) is 3.35. The van der Waals surface area contributed by atoms with Gasteiger partial charge in [-0.3, -0.25) is 43.2 Å². The molecule has 2 aromatic rings. The number of nitrogens with zero attached hydrogens (tertiary/aromatic N) is 4. The van der Waals surface area contributed by atoms with Crippen molar-refractivity contribution in [3.05, 3.63) is 71.8 Å². The van der Waals surface area contributed by atoms with Gasteiger partial charge in [-0.05, 0) is 74.8 Å². The van der Waals surface area contributed by atoms with Crippen molar-refractivity contribution in [3.63, 3.8) is 0 Å². The molecule has 0 bridgehead atoms. The SMILES string of the molecule is CC(C)C[C@@H]1NC(=O)[C@@H](C(C)C)NC(=O)[C@@H](C(=O)N2CCCCC2)NC(=O)[C@H](Cc2ccccc2)N(C)C(=O)[C@H](CC(C)C)N(C)C(=O)[C@H](Cc2ccccc2)NC(=O)[C@H](C)N(C)C(=O)C([C@@H](C)O)NC1=O. The number of hydrogen-bond donors (Lipinski definition) is 6. The Morgan fingerprint density at radius 3 is 1.58 bits per heavy atom. The van der Waals surface area contributed by atoms with E-state index in [0.29, 0.717) is 37.1 Å². The van der Waals surface area contributed by atoms with Gasteiger partial charge in [0.15, 0.2) is 6.04 Å². The lowest BCUT2D eigenvalue weighted by atomic mass is 9.97. The normalized spacial score (nSPS) is 25.9. The summed E-state index contributed by atoms with van der Waals surface area (Å²) in [4.78, 5) is 136. The van der Waals surface area contributed by atoms with E-state index in [4.69, 9.17) is 0 Å². The van der Waals surface area contributed by atoms with Crippen LogP contribution in [0, 0.1) is 17.8 Å². The standard InChI is InChI=1S/C53H79N9O10/c1-31(2)27-38-46(65)57-43(35(8)63)52(71)59(9)34(7)45(64)55-39(29-36-21-15-12-16-22-36)50(69)61(11)41(28-32(3)4)51(70)60(10)40(30-37-23-17-13-18-24-37)47(66)58-44(53(72)62-25-19-14-20-26-62)49(68)56-42(33(5)6)48(67)54-38/h12-13,15-18,21-24,31-35,38-44,63H,14,19-20,25-30H2,1-11H3,(H,54,67)(H,55,64)(H,56,68)(H,57,65)(H,58,66)/t34-,35+,38-,39-,40-,41-,42+,43?,44-/m0/s1. The summed E-state index contributed by atoms with van der Waals surface area (Å²) in [5.41, 5.74) is 1.33. The van der Waals surface area contributed by atoms with Gasteiger partial charge in [-0.2, -0.15) is 0 Å². The number of rotatable bonds is 11. The smallest absolute Gasteiger partial charge is 0.254 e. The van der Waals surface area contributed by atoms with Crippen LogP contribution >= 0.6 is 0 Å². The number of piperidine rings is 1. The van der Waals surface area contributed by atoms with Crippen LogP contribution in [-0.2, 0) is 56.0 Å². The molecule has 4 rings (SSSR count). The summed E-state index contributed by atoms with van der Waals surface area (Å²) in [6, 6.07) is 6.61. The minimum Gasteiger partial charge on any atom is -0.391 e. The van der Waals surface area contributed by atoms with Crippen LogP contribution in [0.1, 0.15) is 98.6 Å². The van der Waals surface area contributed by atoms with E-state index in [2.05, 4.69) is 26.6 Å². The largest absolute Gasteiger partial charge is 0.391 e. The molecule has 19 heteroatoms. The number of carbonyl (C=O) groups is 9. The van der Waals surface area contributed by atoms with E-state index in [1.165, 1.54) is 49.7 Å². The Morgan fingerprint density at radius 2 is 1.06 bits per heavy atom. The molecule has 2 aliphatic rings. The second kappa shape index (κ2) is 26.9. The molecule has 0 spiro atoms. The monoisotopic (exact) mass is 1000 g/mol. The molecule has 2 fully saturated rings. The van der Waals surface area contributed by atoms with E-state index in [-0.39, 0.29) is 37.5 Å². The highest BCUT2D eigenvalue weighted by atomic mass is 16.3. The van der Waals surface area contributed by atoms with Crippen LogP contribution in [0.3, 0.4) is 0 Å². The molecule has 2 aliphatic heterocycles. The van der Waals surface area contributed by atoms with Crippen molar-refractivity contribution in [2.45, 2.75) is 155 Å². The minimum absolute atomic E-state index is 0.0148. The molecule has 0 aromatic heterocycles. The molecule has 2 aromatic carbocycles. The zero-order valence-electron chi connectivity index (χ0n) is 44.0. The summed E-state index contributed by atoms with van der Waals surface area (Å²) in [5.74, 6) is -8.01. The molecule has 9 atom stereocenters. The maximum atomic E-state index is 15.1. The van der Waals surface area contributed by atoms with Gasteiger partial charge in [0.2, 0.25) is 41.4 Å². The maximum absolute atomic E-state index is 15.1. The number of nitrogens with one attached hydrogen (secondary N) is 5. The highest BCUT2D eigenvalue weighted by Gasteiger charge is 2.43. The fourth-order valence-electron chi connectivity index (χ4n) is 8.98. The molecule has 72 heavy (non-hydrogen) atoms. The Hall–Kier alpha value is -6.37. The highest BCUT2D eigenvalue weighted by molar-refractivity contribution is 6.09. The molecule has 1 unspecified atom stereocenters. The molecular formula is C53H79N9O10. The first-order chi connectivity index (χ1) is 33.9. The second-order valence-electron chi connectivity index (χ2n) is 20.6. The maximum Gasteiger partial charge on any atom is 0.254 e. The van der Waals surface area contributed by atoms with Gasteiger partial charge in [-0.15, -0.1) is 0 Å². The fraction of sp³-hybridized carbons (Fsp3) is 0.604. The van der Waals surface area contributed by atoms with Crippen molar-refractivity contribution in [1.82, 2.24) is 46.2 Å². The summed E-state index contributed by atoms with van der Waals surface area (Å²) >= 11 is 0. The third kappa shape index (κ3) is 15.8. The van der Waals surface area contributed by atoms with Gasteiger partial charge in [-0.1, -0.05) is 102 Å². The zero-order chi connectivity index (χ0) is 53.6. The van der Waals surface area contributed by atoms with E-state index >= 15 is 4.79 Å². The van der Waals surface area contributed by atoms with Gasteiger partial charge in [0.05, 0.1) is 6.10 Å². The lowest BCUT2D eigenvalue weighted by Crippen LogP contribution is -2.65. The molecule has 2 saturated heterocycles. The van der Waals surface area contributed by atoms with Gasteiger partial charge in [0.25, 0.3) is 11.8 Å². The van der Waals surface area contributed by atoms with Crippen molar-refractivity contribution in [2.24, 2.45) is 17.8 Å². The number of aliphatic hydroxyl groups is 1. The average molecular weight is 1000 g/mol. The molecule has 19 nitrogen and oxygen atoms in total. The molecule has 0 saturated carbocycles. The van der Waals surface area contributed by atoms with Crippen LogP contribution in [0.5, 0.6) is 0 Å². The van der Waals surface area contributed by atoms with Crippen molar-refractivity contribution in [1.29, 1.82) is 0 Å². The number of benzene rings is 2. The molecular weight excluding hydrogens is 923 g/mol. The van der Waals surface area contributed by atoms with E-state index in [0.717, 1.165) is 11.3 Å². The molecule has 2 heterocycles. The number of amides is 9. The highest BCUT2D eigenvalue weighted by Crippen LogP contribution is 2.20. The molecule has 0 radical (unpaired) electrons. The molecule has 6 N–H and O–H groups in total. The first kappa shape index (κ1) is 58.2. The van der Waals surface area contributed by atoms with Gasteiger partial charge < -0.3 is 51.3 Å². The van der Waals surface area contributed by atoms with Crippen LogP contribution in [-0.4, -0.2) is 167 Å². The van der Waals surface area contributed by atoms with Crippen LogP contribution in [0.15, 0.2) is 60.7 Å². The Balaban J connectivity index is 1.92. The summed E-state index contributed by atoms with van der Waals surface area (Å²) < 4.78 is 0. The molecule has 396 valence electrons. The number of likely N-dealkylation sites (tertiary alicyclic amines) is 1. The van der Waals surface area contributed by atoms with Crippen LogP contribution in [0.4, 0.5) is 0 Å². The first-order valence-electron chi connectivity index (χ1n) is 25.3.